The van der Waals surface area contributed by atoms with Crippen molar-refractivity contribution in [3.63, 3.8) is 0 Å². The highest BCUT2D eigenvalue weighted by Gasteiger charge is 2.36. The maximum absolute atomic E-state index is 13.2. The number of amides is 1. The number of carbonyl (C=O) groups excluding carboxylic acids is 2. The Kier molecular flexibility index (Phi) is 6.10. The predicted octanol–water partition coefficient (Wildman–Crippen LogP) is 3.81. The van der Waals surface area contributed by atoms with Crippen LogP contribution >= 0.6 is 0 Å². The van der Waals surface area contributed by atoms with Crippen molar-refractivity contribution in [2.24, 2.45) is 0 Å². The number of nitrogens with zero attached hydrogens (tertiary/aromatic N) is 1. The molecule has 1 amide bonds. The molecular weight excluding hydrogens is 397 g/mol. The fraction of sp³-hybridized carbons (Fsp3) is 0.222. The van der Waals surface area contributed by atoms with Crippen molar-refractivity contribution < 1.29 is 37.5 Å². The minimum absolute atomic E-state index is 0.212. The van der Waals surface area contributed by atoms with Crippen LogP contribution in [0.5, 0.6) is 5.75 Å². The number of rotatable bonds is 5. The van der Waals surface area contributed by atoms with Crippen molar-refractivity contribution in [2.45, 2.75) is 26.1 Å². The Morgan fingerprint density at radius 1 is 1.21 bits per heavy atom. The van der Waals surface area contributed by atoms with Crippen LogP contribution in [0.3, 0.4) is 0 Å². The van der Waals surface area contributed by atoms with E-state index >= 15 is 0 Å². The number of ether oxygens (including phenoxy) is 1. The second-order valence-electron chi connectivity index (χ2n) is 6.04. The van der Waals surface area contributed by atoms with Gasteiger partial charge in [-0.3, -0.25) is 14.9 Å². The monoisotopic (exact) mass is 412 g/mol. The van der Waals surface area contributed by atoms with Crippen molar-refractivity contribution in [3.8, 4) is 5.75 Å². The lowest BCUT2D eigenvalue weighted by molar-refractivity contribution is -0.385. The number of esters is 1. The van der Waals surface area contributed by atoms with Crippen LogP contribution in [0.15, 0.2) is 36.4 Å². The summed E-state index contributed by atoms with van der Waals surface area (Å²) in [6.45, 7) is 2.78. The summed E-state index contributed by atoms with van der Waals surface area (Å²) in [4.78, 5) is 34.0. The fourth-order valence-corrected chi connectivity index (χ4v) is 2.31. The number of hydrogen-bond donors (Lipinski definition) is 2. The van der Waals surface area contributed by atoms with E-state index < -0.39 is 46.0 Å². The van der Waals surface area contributed by atoms with Gasteiger partial charge in [-0.1, -0.05) is 11.6 Å². The number of aryl methyl sites for hydroxylation is 1. The maximum atomic E-state index is 13.2. The lowest BCUT2D eigenvalue weighted by atomic mass is 10.1. The molecule has 0 aliphatic rings. The molecule has 0 heterocycles. The molecule has 2 aromatic rings. The van der Waals surface area contributed by atoms with Crippen molar-refractivity contribution in [3.05, 3.63) is 63.2 Å². The number of anilines is 1. The number of non-ortho nitro benzene ring substituents is 1. The average molecular weight is 412 g/mol. The predicted molar refractivity (Wildman–Crippen MR) is 94.4 cm³/mol. The first kappa shape index (κ1) is 21.7. The Balaban J connectivity index is 2.20. The first-order valence-corrected chi connectivity index (χ1v) is 8.07. The molecule has 0 saturated heterocycles. The van der Waals surface area contributed by atoms with Crippen molar-refractivity contribution >= 4 is 23.3 Å². The Bertz CT molecular complexity index is 975. The van der Waals surface area contributed by atoms with Crippen molar-refractivity contribution in [1.29, 1.82) is 0 Å². The number of nitrogens with one attached hydrogen (secondary N) is 1. The number of aromatic hydroxyl groups is 1. The Labute approximate surface area is 162 Å². The minimum atomic E-state index is -4.97. The van der Waals surface area contributed by atoms with Crippen LogP contribution < -0.4 is 5.32 Å². The lowest BCUT2D eigenvalue weighted by Gasteiger charge is -2.17. The van der Waals surface area contributed by atoms with Crippen LogP contribution in [0.4, 0.5) is 24.5 Å². The molecule has 11 heteroatoms. The molecule has 2 N–H and O–H groups in total. The minimum Gasteiger partial charge on any atom is -0.507 e. The summed E-state index contributed by atoms with van der Waals surface area (Å²) in [6.07, 6.45) is -6.49. The summed E-state index contributed by atoms with van der Waals surface area (Å²) in [5.74, 6) is -2.53. The van der Waals surface area contributed by atoms with Gasteiger partial charge in [0.05, 0.1) is 16.2 Å². The van der Waals surface area contributed by atoms with E-state index in [1.165, 1.54) is 18.2 Å². The van der Waals surface area contributed by atoms with Gasteiger partial charge in [0.25, 0.3) is 11.6 Å². The number of carbonyl (C=O) groups is 2. The Morgan fingerprint density at radius 3 is 2.45 bits per heavy atom. The molecular formula is C18H15F3N2O6. The number of alkyl halides is 3. The van der Waals surface area contributed by atoms with Gasteiger partial charge >= 0.3 is 12.1 Å². The van der Waals surface area contributed by atoms with E-state index in [1.54, 1.807) is 6.92 Å². The van der Waals surface area contributed by atoms with Gasteiger partial charge in [-0.05, 0) is 32.0 Å². The number of nitro groups is 1. The maximum Gasteiger partial charge on any atom is 0.418 e. The average Bonchev–Trinajstić information content (AvgIpc) is 2.62. The van der Waals surface area contributed by atoms with Gasteiger partial charge in [0.15, 0.2) is 6.10 Å². The number of phenolic OH excluding ortho intramolecular Hbond substituents is 1. The van der Waals surface area contributed by atoms with E-state index in [2.05, 4.69) is 0 Å². The van der Waals surface area contributed by atoms with Gasteiger partial charge in [0, 0.05) is 12.1 Å². The lowest BCUT2D eigenvalue weighted by Crippen LogP contribution is -2.30. The molecule has 0 aromatic heterocycles. The summed E-state index contributed by atoms with van der Waals surface area (Å²) >= 11 is 0. The molecule has 0 bridgehead atoms. The third-order valence-electron chi connectivity index (χ3n) is 3.80. The molecule has 154 valence electrons. The largest absolute Gasteiger partial charge is 0.507 e. The number of nitro benzene ring substituents is 1. The smallest absolute Gasteiger partial charge is 0.418 e. The van der Waals surface area contributed by atoms with Crippen LogP contribution in [-0.4, -0.2) is 28.0 Å². The summed E-state index contributed by atoms with van der Waals surface area (Å²) in [5, 5.41) is 22.4. The van der Waals surface area contributed by atoms with E-state index in [-0.39, 0.29) is 17.4 Å². The van der Waals surface area contributed by atoms with Gasteiger partial charge in [0.2, 0.25) is 0 Å². The summed E-state index contributed by atoms with van der Waals surface area (Å²) < 4.78 is 44.4. The Morgan fingerprint density at radius 2 is 1.86 bits per heavy atom. The van der Waals surface area contributed by atoms with Gasteiger partial charge < -0.3 is 15.2 Å². The zero-order valence-electron chi connectivity index (χ0n) is 15.1. The molecule has 0 radical (unpaired) electrons. The zero-order valence-corrected chi connectivity index (χ0v) is 15.1. The van der Waals surface area contributed by atoms with Gasteiger partial charge in [-0.25, -0.2) is 4.79 Å². The first-order valence-electron chi connectivity index (χ1n) is 8.07. The number of hydrogen-bond acceptors (Lipinski definition) is 6. The number of benzene rings is 2. The summed E-state index contributed by atoms with van der Waals surface area (Å²) in [7, 11) is 0. The molecule has 0 aliphatic heterocycles. The number of phenols is 1. The van der Waals surface area contributed by atoms with Crippen LogP contribution in [0, 0.1) is 17.0 Å². The topological polar surface area (TPSA) is 119 Å². The normalized spacial score (nSPS) is 12.2. The zero-order chi connectivity index (χ0) is 21.9. The molecule has 2 aromatic carbocycles. The molecule has 2 rings (SSSR count). The van der Waals surface area contributed by atoms with E-state index in [9.17, 15) is 38.0 Å². The highest BCUT2D eigenvalue weighted by Crippen LogP contribution is 2.37. The SMILES string of the molecule is Cc1ccc(O)c(C(=O)O[C@H](C)C(=O)Nc2ccc([N+](=O)[O-])cc2C(F)(F)F)c1. The summed E-state index contributed by atoms with van der Waals surface area (Å²) in [5.41, 5.74) is -2.53. The quantitative estimate of drug-likeness (QED) is 0.438. The second kappa shape index (κ2) is 8.17. The number of halogens is 3. The molecule has 0 fully saturated rings. The van der Waals surface area contributed by atoms with Gasteiger partial charge in [0.1, 0.15) is 11.3 Å². The van der Waals surface area contributed by atoms with Crippen molar-refractivity contribution in [1.82, 2.24) is 0 Å². The van der Waals surface area contributed by atoms with E-state index in [4.69, 9.17) is 4.74 Å². The highest BCUT2D eigenvalue weighted by molar-refractivity contribution is 5.98. The molecule has 0 saturated carbocycles. The standard InChI is InChI=1S/C18H15F3N2O6/c1-9-3-6-15(24)12(7-9)17(26)29-10(2)16(25)22-14-5-4-11(23(27)28)8-13(14)18(19,20)21/h3-8,10,24H,1-2H3,(H,22,25)/t10-/m1/s1. The third-order valence-corrected chi connectivity index (χ3v) is 3.80. The molecule has 0 unspecified atom stereocenters. The highest BCUT2D eigenvalue weighted by atomic mass is 19.4. The van der Waals surface area contributed by atoms with Crippen molar-refractivity contribution in [2.75, 3.05) is 5.32 Å². The fourth-order valence-electron chi connectivity index (χ4n) is 2.31. The molecule has 29 heavy (non-hydrogen) atoms. The molecule has 0 aliphatic carbocycles. The molecule has 8 nitrogen and oxygen atoms in total. The van der Waals surface area contributed by atoms with Crippen LogP contribution in [0.25, 0.3) is 0 Å². The van der Waals surface area contributed by atoms with Crippen LogP contribution in [0.1, 0.15) is 28.4 Å². The van der Waals surface area contributed by atoms with E-state index in [0.717, 1.165) is 19.1 Å². The second-order valence-corrected chi connectivity index (χ2v) is 6.04. The third kappa shape index (κ3) is 5.21. The molecule has 1 atom stereocenters. The van der Waals surface area contributed by atoms with Gasteiger partial charge in [-0.2, -0.15) is 13.2 Å². The molecule has 0 spiro atoms. The summed E-state index contributed by atoms with van der Waals surface area (Å²) in [6, 6.07) is 5.93. The van der Waals surface area contributed by atoms with Crippen LogP contribution in [-0.2, 0) is 15.7 Å². The first-order chi connectivity index (χ1) is 13.4. The van der Waals surface area contributed by atoms with Crippen LogP contribution in [0.2, 0.25) is 0 Å². The van der Waals surface area contributed by atoms with E-state index in [0.29, 0.717) is 5.56 Å². The van der Waals surface area contributed by atoms with E-state index in [1.807, 2.05) is 5.32 Å². The Hall–Kier alpha value is -3.63. The van der Waals surface area contributed by atoms with Gasteiger partial charge in [-0.15, -0.1) is 0 Å².